The van der Waals surface area contributed by atoms with Crippen LogP contribution in [0.3, 0.4) is 0 Å². The van der Waals surface area contributed by atoms with E-state index in [0.717, 1.165) is 54.1 Å². The van der Waals surface area contributed by atoms with Gasteiger partial charge in [0.15, 0.2) is 0 Å². The number of rotatable bonds is 14. The third-order valence-electron chi connectivity index (χ3n) is 5.69. The number of aryl methyl sites for hydroxylation is 2. The van der Waals surface area contributed by atoms with E-state index in [4.69, 9.17) is 14.6 Å². The fourth-order valence-corrected chi connectivity index (χ4v) is 3.95. The van der Waals surface area contributed by atoms with E-state index >= 15 is 0 Å². The van der Waals surface area contributed by atoms with E-state index in [9.17, 15) is 5.11 Å². The number of hydrogen-bond donors (Lipinski definition) is 1. The Balaban J connectivity index is 1.86. The molecule has 0 aliphatic rings. The van der Waals surface area contributed by atoms with E-state index in [-0.39, 0.29) is 0 Å². The van der Waals surface area contributed by atoms with Gasteiger partial charge in [0.05, 0.1) is 29.7 Å². The zero-order valence-corrected chi connectivity index (χ0v) is 21.0. The largest absolute Gasteiger partial charge is 0.439 e. The van der Waals surface area contributed by atoms with Crippen molar-refractivity contribution in [3.05, 3.63) is 71.4 Å². The molecule has 0 saturated heterocycles. The Morgan fingerprint density at radius 2 is 1.82 bits per heavy atom. The molecule has 1 atom stereocenters. The van der Waals surface area contributed by atoms with E-state index in [1.54, 1.807) is 0 Å². The summed E-state index contributed by atoms with van der Waals surface area (Å²) in [7, 11) is 0. The van der Waals surface area contributed by atoms with E-state index < -0.39 is 6.10 Å². The number of para-hydroxylation sites is 1. The van der Waals surface area contributed by atoms with Crippen molar-refractivity contribution >= 4 is 0 Å². The highest BCUT2D eigenvalue weighted by atomic mass is 16.5. The van der Waals surface area contributed by atoms with Gasteiger partial charge in [-0.2, -0.15) is 5.10 Å². The first-order valence-corrected chi connectivity index (χ1v) is 12.4. The second kappa shape index (κ2) is 13.3. The van der Waals surface area contributed by atoms with Crippen LogP contribution < -0.4 is 4.74 Å². The summed E-state index contributed by atoms with van der Waals surface area (Å²) < 4.78 is 14.0. The lowest BCUT2D eigenvalue weighted by molar-refractivity contribution is 0.0143. The van der Waals surface area contributed by atoms with Crippen LogP contribution in [0.15, 0.2) is 54.6 Å². The average molecular weight is 466 g/mol. The molecule has 0 radical (unpaired) electrons. The molecule has 0 spiro atoms. The van der Waals surface area contributed by atoms with Crippen LogP contribution >= 0.6 is 0 Å². The van der Waals surface area contributed by atoms with E-state index in [0.29, 0.717) is 32.2 Å². The summed E-state index contributed by atoms with van der Waals surface area (Å²) in [5.74, 6) is 1.49. The normalized spacial score (nSPS) is 12.3. The van der Waals surface area contributed by atoms with Crippen LogP contribution in [0.4, 0.5) is 0 Å². The number of ether oxygens (including phenoxy) is 2. The lowest BCUT2D eigenvalue weighted by Crippen LogP contribution is -2.35. The smallest absolute Gasteiger partial charge is 0.227 e. The number of aliphatic hydroxyl groups excluding tert-OH is 1. The second-order valence-electron chi connectivity index (χ2n) is 8.85. The molecule has 1 unspecified atom stereocenters. The van der Waals surface area contributed by atoms with Gasteiger partial charge >= 0.3 is 0 Å². The maximum atomic E-state index is 10.6. The Kier molecular flexibility index (Phi) is 10.1. The molecule has 34 heavy (non-hydrogen) atoms. The van der Waals surface area contributed by atoms with Gasteiger partial charge in [0.1, 0.15) is 5.75 Å². The molecule has 0 fully saturated rings. The van der Waals surface area contributed by atoms with Crippen molar-refractivity contribution in [1.82, 2.24) is 14.7 Å². The summed E-state index contributed by atoms with van der Waals surface area (Å²) in [6, 6.07) is 18.1. The molecule has 1 N–H and O–H groups in total. The molecule has 0 amide bonds. The first kappa shape index (κ1) is 25.9. The first-order chi connectivity index (χ1) is 16.5. The summed E-state index contributed by atoms with van der Waals surface area (Å²) in [5, 5.41) is 15.4. The van der Waals surface area contributed by atoms with Crippen molar-refractivity contribution < 1.29 is 14.6 Å². The highest BCUT2D eigenvalue weighted by molar-refractivity contribution is 5.43. The van der Waals surface area contributed by atoms with Crippen LogP contribution in [0.1, 0.15) is 49.9 Å². The number of nitrogens with zero attached hydrogens (tertiary/aromatic N) is 3. The van der Waals surface area contributed by atoms with Crippen LogP contribution in [0, 0.1) is 13.8 Å². The van der Waals surface area contributed by atoms with Crippen LogP contribution in [0.2, 0.25) is 0 Å². The van der Waals surface area contributed by atoms with Crippen LogP contribution in [0.25, 0.3) is 5.69 Å². The number of aromatic nitrogens is 2. The van der Waals surface area contributed by atoms with E-state index in [1.165, 1.54) is 0 Å². The molecule has 0 bridgehead atoms. The molecule has 1 aromatic heterocycles. The fourth-order valence-electron chi connectivity index (χ4n) is 3.95. The second-order valence-corrected chi connectivity index (χ2v) is 8.85. The highest BCUT2D eigenvalue weighted by Gasteiger charge is 2.22. The first-order valence-electron chi connectivity index (χ1n) is 12.4. The number of benzene rings is 2. The van der Waals surface area contributed by atoms with Gasteiger partial charge in [0.25, 0.3) is 0 Å². The molecule has 6 heteroatoms. The summed E-state index contributed by atoms with van der Waals surface area (Å²) in [5.41, 5.74) is 4.03. The Bertz CT molecular complexity index is 1000. The Hall–Kier alpha value is -2.67. The molecule has 0 saturated carbocycles. The molecule has 0 aliphatic heterocycles. The van der Waals surface area contributed by atoms with Crippen molar-refractivity contribution in [2.45, 2.75) is 59.6 Å². The van der Waals surface area contributed by atoms with Crippen molar-refractivity contribution in [3.63, 3.8) is 0 Å². The zero-order chi connectivity index (χ0) is 24.3. The molecular weight excluding hydrogens is 426 g/mol. The monoisotopic (exact) mass is 465 g/mol. The van der Waals surface area contributed by atoms with Crippen molar-refractivity contribution in [2.24, 2.45) is 0 Å². The SMILES string of the molecule is CCCCOCC(O)CN(CCC)Cc1c(C)nn(-c2ccccc2)c1Oc1cccc(C)c1. The number of aliphatic hydroxyl groups is 1. The lowest BCUT2D eigenvalue weighted by Gasteiger charge is -2.25. The fraction of sp³-hybridized carbons (Fsp3) is 0.464. The molecule has 0 aliphatic carbocycles. The van der Waals surface area contributed by atoms with Crippen molar-refractivity contribution in [2.75, 3.05) is 26.3 Å². The maximum Gasteiger partial charge on any atom is 0.227 e. The van der Waals surface area contributed by atoms with Gasteiger partial charge in [-0.05, 0) is 63.1 Å². The molecule has 3 aromatic rings. The molecule has 2 aromatic carbocycles. The summed E-state index contributed by atoms with van der Waals surface area (Å²) >= 11 is 0. The minimum absolute atomic E-state index is 0.356. The standard InChI is InChI=1S/C28H39N3O3/c1-5-7-17-33-21-25(32)19-30(16-6-2)20-27-23(4)29-31(24-13-9-8-10-14-24)28(27)34-26-15-11-12-22(3)18-26/h8-15,18,25,32H,5-7,16-17,19-21H2,1-4H3. The Morgan fingerprint density at radius 1 is 1.03 bits per heavy atom. The highest BCUT2D eigenvalue weighted by Crippen LogP contribution is 2.32. The van der Waals surface area contributed by atoms with Gasteiger partial charge in [-0.25, -0.2) is 4.68 Å². The minimum Gasteiger partial charge on any atom is -0.439 e. The van der Waals surface area contributed by atoms with Gasteiger partial charge in [-0.3, -0.25) is 4.90 Å². The van der Waals surface area contributed by atoms with Crippen molar-refractivity contribution in [1.29, 1.82) is 0 Å². The molecule has 1 heterocycles. The van der Waals surface area contributed by atoms with Crippen LogP contribution in [0.5, 0.6) is 11.6 Å². The van der Waals surface area contributed by atoms with Gasteiger partial charge in [0, 0.05) is 19.7 Å². The minimum atomic E-state index is -0.533. The van der Waals surface area contributed by atoms with Crippen molar-refractivity contribution in [3.8, 4) is 17.3 Å². The van der Waals surface area contributed by atoms with Crippen LogP contribution in [-0.2, 0) is 11.3 Å². The van der Waals surface area contributed by atoms with Gasteiger partial charge in [-0.1, -0.05) is 50.6 Å². The quantitative estimate of drug-likeness (QED) is 0.311. The summed E-state index contributed by atoms with van der Waals surface area (Å²) in [6.45, 7) is 11.5. The molecule has 184 valence electrons. The maximum absolute atomic E-state index is 10.6. The van der Waals surface area contributed by atoms with E-state index in [2.05, 4.69) is 31.7 Å². The van der Waals surface area contributed by atoms with Gasteiger partial charge in [0.2, 0.25) is 5.88 Å². The average Bonchev–Trinajstić information content (AvgIpc) is 3.12. The topological polar surface area (TPSA) is 59.8 Å². The predicted octanol–water partition coefficient (Wildman–Crippen LogP) is 5.67. The summed E-state index contributed by atoms with van der Waals surface area (Å²) in [4.78, 5) is 2.26. The summed E-state index contributed by atoms with van der Waals surface area (Å²) in [6.07, 6.45) is 2.56. The molecule has 6 nitrogen and oxygen atoms in total. The Labute approximate surface area is 204 Å². The third-order valence-corrected chi connectivity index (χ3v) is 5.69. The van der Waals surface area contributed by atoms with Crippen LogP contribution in [-0.4, -0.2) is 52.2 Å². The predicted molar refractivity (Wildman–Crippen MR) is 137 cm³/mol. The van der Waals surface area contributed by atoms with Gasteiger partial charge in [-0.15, -0.1) is 0 Å². The number of unbranched alkanes of at least 4 members (excludes halogenated alkanes) is 1. The zero-order valence-electron chi connectivity index (χ0n) is 21.0. The van der Waals surface area contributed by atoms with E-state index in [1.807, 2.05) is 60.1 Å². The third kappa shape index (κ3) is 7.42. The molecule has 3 rings (SSSR count). The lowest BCUT2D eigenvalue weighted by atomic mass is 10.2. The number of hydrogen-bond acceptors (Lipinski definition) is 5. The molecular formula is C28H39N3O3. The Morgan fingerprint density at radius 3 is 2.53 bits per heavy atom. The van der Waals surface area contributed by atoms with Gasteiger partial charge < -0.3 is 14.6 Å².